The maximum atomic E-state index is 8.91. The van der Waals surface area contributed by atoms with Crippen molar-refractivity contribution in [3.05, 3.63) is 28.2 Å². The van der Waals surface area contributed by atoms with Crippen molar-refractivity contribution in [3.63, 3.8) is 0 Å². The first kappa shape index (κ1) is 12.8. The molecule has 0 radical (unpaired) electrons. The predicted molar refractivity (Wildman–Crippen MR) is 77.6 cm³/mol. The molecule has 2 nitrogen and oxygen atoms in total. The highest BCUT2D eigenvalue weighted by atomic mass is 79.9. The standard InChI is InChI=1S/C13H15BrN2S/c1-9-7-16(8-10(2)17-9)12-4-3-11(6-15)13(14)5-12/h3-5,9-10H,7-8H2,1-2H3. The topological polar surface area (TPSA) is 27.0 Å². The SMILES string of the molecule is CC1CN(c2ccc(C#N)c(Br)c2)CC(C)S1. The number of thioether (sulfide) groups is 1. The van der Waals surface area contributed by atoms with Crippen molar-refractivity contribution in [1.82, 2.24) is 0 Å². The van der Waals surface area contributed by atoms with Gasteiger partial charge in [0.1, 0.15) is 6.07 Å². The van der Waals surface area contributed by atoms with Gasteiger partial charge in [-0.1, -0.05) is 13.8 Å². The summed E-state index contributed by atoms with van der Waals surface area (Å²) in [5.74, 6) is 0. The fourth-order valence-electron chi connectivity index (χ4n) is 2.18. The molecule has 0 saturated carbocycles. The monoisotopic (exact) mass is 310 g/mol. The Hall–Kier alpha value is -0.660. The van der Waals surface area contributed by atoms with Crippen molar-refractivity contribution in [2.75, 3.05) is 18.0 Å². The van der Waals surface area contributed by atoms with Crippen LogP contribution in [0, 0.1) is 11.3 Å². The number of rotatable bonds is 1. The molecular weight excluding hydrogens is 296 g/mol. The van der Waals surface area contributed by atoms with E-state index in [1.54, 1.807) is 0 Å². The molecular formula is C13H15BrN2S. The minimum Gasteiger partial charge on any atom is -0.369 e. The normalized spacial score (nSPS) is 24.5. The van der Waals surface area contributed by atoms with Gasteiger partial charge in [-0.2, -0.15) is 17.0 Å². The Kier molecular flexibility index (Phi) is 4.01. The highest BCUT2D eigenvalue weighted by Gasteiger charge is 2.22. The molecule has 17 heavy (non-hydrogen) atoms. The van der Waals surface area contributed by atoms with E-state index < -0.39 is 0 Å². The van der Waals surface area contributed by atoms with E-state index >= 15 is 0 Å². The number of benzene rings is 1. The second-order valence-electron chi connectivity index (χ2n) is 4.44. The zero-order valence-corrected chi connectivity index (χ0v) is 12.4. The lowest BCUT2D eigenvalue weighted by Crippen LogP contribution is -2.40. The molecule has 0 amide bonds. The summed E-state index contributed by atoms with van der Waals surface area (Å²) in [4.78, 5) is 2.40. The van der Waals surface area contributed by atoms with Crippen LogP contribution in [-0.4, -0.2) is 23.6 Å². The lowest BCUT2D eigenvalue weighted by atomic mass is 10.2. The van der Waals surface area contributed by atoms with Crippen LogP contribution < -0.4 is 4.90 Å². The largest absolute Gasteiger partial charge is 0.369 e. The molecule has 0 bridgehead atoms. The number of hydrogen-bond donors (Lipinski definition) is 0. The number of nitrogens with zero attached hydrogens (tertiary/aromatic N) is 2. The van der Waals surface area contributed by atoms with E-state index in [-0.39, 0.29) is 0 Å². The first-order valence-electron chi connectivity index (χ1n) is 5.70. The molecule has 1 fully saturated rings. The molecule has 90 valence electrons. The molecule has 2 rings (SSSR count). The summed E-state index contributed by atoms with van der Waals surface area (Å²) in [6.45, 7) is 6.69. The third kappa shape index (κ3) is 2.97. The summed E-state index contributed by atoms with van der Waals surface area (Å²) in [6.07, 6.45) is 0. The van der Waals surface area contributed by atoms with E-state index in [9.17, 15) is 0 Å². The van der Waals surface area contributed by atoms with E-state index in [4.69, 9.17) is 5.26 Å². The van der Waals surface area contributed by atoms with Crippen molar-refractivity contribution in [2.45, 2.75) is 24.3 Å². The minimum atomic E-state index is 0.660. The van der Waals surface area contributed by atoms with E-state index in [1.807, 2.05) is 30.0 Å². The first-order valence-corrected chi connectivity index (χ1v) is 7.44. The number of hydrogen-bond acceptors (Lipinski definition) is 3. The smallest absolute Gasteiger partial charge is 0.100 e. The Morgan fingerprint density at radius 2 is 2.00 bits per heavy atom. The molecule has 1 aromatic carbocycles. The quantitative estimate of drug-likeness (QED) is 0.792. The fourth-order valence-corrected chi connectivity index (χ4v) is 3.96. The van der Waals surface area contributed by atoms with Crippen LogP contribution in [0.2, 0.25) is 0 Å². The van der Waals surface area contributed by atoms with Crippen LogP contribution in [0.4, 0.5) is 5.69 Å². The summed E-state index contributed by atoms with van der Waals surface area (Å²) in [7, 11) is 0. The van der Waals surface area contributed by atoms with Crippen LogP contribution >= 0.6 is 27.7 Å². The van der Waals surface area contributed by atoms with Gasteiger partial charge in [-0.25, -0.2) is 0 Å². The van der Waals surface area contributed by atoms with Crippen LogP contribution in [0.25, 0.3) is 0 Å². The maximum Gasteiger partial charge on any atom is 0.100 e. The minimum absolute atomic E-state index is 0.660. The van der Waals surface area contributed by atoms with E-state index in [2.05, 4.69) is 40.7 Å². The van der Waals surface area contributed by atoms with E-state index in [1.165, 1.54) is 5.69 Å². The number of anilines is 1. The molecule has 0 aliphatic carbocycles. The zero-order chi connectivity index (χ0) is 12.4. The molecule has 2 unspecified atom stereocenters. The van der Waals surface area contributed by atoms with Gasteiger partial charge in [0.25, 0.3) is 0 Å². The Morgan fingerprint density at radius 3 is 2.53 bits per heavy atom. The van der Waals surface area contributed by atoms with Gasteiger partial charge in [0.05, 0.1) is 5.56 Å². The van der Waals surface area contributed by atoms with Gasteiger partial charge >= 0.3 is 0 Å². The number of halogens is 1. The summed E-state index contributed by atoms with van der Waals surface area (Å²) < 4.78 is 0.885. The molecule has 0 aromatic heterocycles. The Bertz CT molecular complexity index is 445. The Morgan fingerprint density at radius 1 is 1.35 bits per heavy atom. The second kappa shape index (κ2) is 5.32. The van der Waals surface area contributed by atoms with Crippen LogP contribution in [0.3, 0.4) is 0 Å². The van der Waals surface area contributed by atoms with Crippen molar-refractivity contribution in [3.8, 4) is 6.07 Å². The molecule has 2 atom stereocenters. The lowest BCUT2D eigenvalue weighted by molar-refractivity contribution is 0.728. The molecule has 4 heteroatoms. The van der Waals surface area contributed by atoms with Crippen LogP contribution in [-0.2, 0) is 0 Å². The molecule has 0 spiro atoms. The highest BCUT2D eigenvalue weighted by molar-refractivity contribution is 9.10. The lowest BCUT2D eigenvalue weighted by Gasteiger charge is -2.36. The molecule has 1 aliphatic rings. The maximum absolute atomic E-state index is 8.91. The number of nitriles is 1. The van der Waals surface area contributed by atoms with Crippen molar-refractivity contribution in [1.29, 1.82) is 5.26 Å². The molecule has 1 aliphatic heterocycles. The predicted octanol–water partition coefficient (Wildman–Crippen LogP) is 3.65. The average Bonchev–Trinajstić information content (AvgIpc) is 2.27. The van der Waals surface area contributed by atoms with Gasteiger partial charge in [-0.15, -0.1) is 0 Å². The van der Waals surface area contributed by atoms with E-state index in [0.717, 1.165) is 17.6 Å². The van der Waals surface area contributed by atoms with Crippen molar-refractivity contribution in [2.24, 2.45) is 0 Å². The highest BCUT2D eigenvalue weighted by Crippen LogP contribution is 2.30. The first-order chi connectivity index (χ1) is 8.10. The van der Waals surface area contributed by atoms with Crippen LogP contribution in [0.5, 0.6) is 0 Å². The Balaban J connectivity index is 2.22. The summed E-state index contributed by atoms with van der Waals surface area (Å²) in [6, 6.07) is 8.15. The Labute approximate surface area is 115 Å². The zero-order valence-electron chi connectivity index (χ0n) is 9.98. The second-order valence-corrected chi connectivity index (χ2v) is 7.17. The van der Waals surface area contributed by atoms with Crippen LogP contribution in [0.1, 0.15) is 19.4 Å². The van der Waals surface area contributed by atoms with Crippen molar-refractivity contribution < 1.29 is 0 Å². The summed E-state index contributed by atoms with van der Waals surface area (Å²) in [5.41, 5.74) is 1.90. The third-order valence-electron chi connectivity index (χ3n) is 2.86. The molecule has 1 saturated heterocycles. The summed E-state index contributed by atoms with van der Waals surface area (Å²) in [5, 5.41) is 10.2. The molecule has 0 N–H and O–H groups in total. The van der Waals surface area contributed by atoms with Gasteiger partial charge in [0.2, 0.25) is 0 Å². The van der Waals surface area contributed by atoms with Gasteiger partial charge in [0.15, 0.2) is 0 Å². The average molecular weight is 311 g/mol. The van der Waals surface area contributed by atoms with E-state index in [0.29, 0.717) is 16.1 Å². The van der Waals surface area contributed by atoms with Gasteiger partial charge in [-0.05, 0) is 34.1 Å². The van der Waals surface area contributed by atoms with Crippen molar-refractivity contribution >= 4 is 33.4 Å². The van der Waals surface area contributed by atoms with Gasteiger partial charge < -0.3 is 4.90 Å². The molecule has 1 aromatic rings. The fraction of sp³-hybridized carbons (Fsp3) is 0.462. The molecule has 1 heterocycles. The summed E-state index contributed by atoms with van der Waals surface area (Å²) >= 11 is 5.50. The van der Waals surface area contributed by atoms with Gasteiger partial charge in [0, 0.05) is 33.7 Å². The third-order valence-corrected chi connectivity index (χ3v) is 4.74. The van der Waals surface area contributed by atoms with Crippen LogP contribution in [0.15, 0.2) is 22.7 Å². The van der Waals surface area contributed by atoms with Gasteiger partial charge in [-0.3, -0.25) is 0 Å².